The number of anilines is 1. The normalized spacial score (nSPS) is 18.3. The van der Waals surface area contributed by atoms with Gasteiger partial charge in [-0.15, -0.1) is 0 Å². The third kappa shape index (κ3) is 6.07. The van der Waals surface area contributed by atoms with E-state index in [9.17, 15) is 0 Å². The molecule has 0 atom stereocenters. The molecule has 0 spiro atoms. The highest BCUT2D eigenvalue weighted by Gasteiger charge is 2.28. The number of piperazine rings is 1. The fraction of sp³-hybridized carbons (Fsp3) is 0.700. The SMILES string of the molecule is CCNC(=NCCN(CCOC)C1CC1)N1CCN(c2ccccn2)CC1. The van der Waals surface area contributed by atoms with E-state index in [0.717, 1.165) is 76.8 Å². The van der Waals surface area contributed by atoms with Crippen LogP contribution in [0.25, 0.3) is 0 Å². The number of methoxy groups -OCH3 is 1. The molecule has 3 rings (SSSR count). The summed E-state index contributed by atoms with van der Waals surface area (Å²) in [5, 5.41) is 3.47. The average molecular weight is 375 g/mol. The number of ether oxygens (including phenoxy) is 1. The monoisotopic (exact) mass is 374 g/mol. The summed E-state index contributed by atoms with van der Waals surface area (Å²) < 4.78 is 5.25. The van der Waals surface area contributed by atoms with E-state index >= 15 is 0 Å². The second kappa shape index (κ2) is 10.5. The topological polar surface area (TPSA) is 56.2 Å². The number of nitrogens with zero attached hydrogens (tertiary/aromatic N) is 5. The quantitative estimate of drug-likeness (QED) is 0.519. The van der Waals surface area contributed by atoms with Gasteiger partial charge in [-0.1, -0.05) is 6.07 Å². The minimum Gasteiger partial charge on any atom is -0.383 e. The maximum absolute atomic E-state index is 5.25. The van der Waals surface area contributed by atoms with Crippen molar-refractivity contribution < 1.29 is 4.74 Å². The minimum atomic E-state index is 0.750. The van der Waals surface area contributed by atoms with Gasteiger partial charge in [0.15, 0.2) is 5.96 Å². The van der Waals surface area contributed by atoms with Crippen molar-refractivity contribution in [2.75, 3.05) is 71.0 Å². The predicted molar refractivity (Wildman–Crippen MR) is 110 cm³/mol. The molecule has 2 heterocycles. The zero-order chi connectivity index (χ0) is 18.9. The fourth-order valence-corrected chi connectivity index (χ4v) is 3.52. The molecule has 0 radical (unpaired) electrons. The summed E-state index contributed by atoms with van der Waals surface area (Å²) in [7, 11) is 1.77. The van der Waals surface area contributed by atoms with Gasteiger partial charge < -0.3 is 19.9 Å². The highest BCUT2D eigenvalue weighted by molar-refractivity contribution is 5.80. The zero-order valence-corrected chi connectivity index (χ0v) is 16.8. The summed E-state index contributed by atoms with van der Waals surface area (Å²) in [6, 6.07) is 6.85. The third-order valence-corrected chi connectivity index (χ3v) is 5.18. The van der Waals surface area contributed by atoms with Crippen LogP contribution < -0.4 is 10.2 Å². The van der Waals surface area contributed by atoms with Crippen molar-refractivity contribution in [2.45, 2.75) is 25.8 Å². The summed E-state index contributed by atoms with van der Waals surface area (Å²) in [5.74, 6) is 2.11. The van der Waals surface area contributed by atoms with Gasteiger partial charge in [0.2, 0.25) is 0 Å². The maximum Gasteiger partial charge on any atom is 0.194 e. The van der Waals surface area contributed by atoms with Crippen LogP contribution in [0.5, 0.6) is 0 Å². The first-order valence-corrected chi connectivity index (χ1v) is 10.2. The van der Waals surface area contributed by atoms with Crippen LogP contribution in [0.1, 0.15) is 19.8 Å². The molecule has 1 aromatic heterocycles. The van der Waals surface area contributed by atoms with Crippen LogP contribution in [0.3, 0.4) is 0 Å². The van der Waals surface area contributed by atoms with Crippen molar-refractivity contribution in [1.82, 2.24) is 20.1 Å². The number of aromatic nitrogens is 1. The number of pyridine rings is 1. The Morgan fingerprint density at radius 1 is 1.26 bits per heavy atom. The second-order valence-electron chi connectivity index (χ2n) is 7.16. The second-order valence-corrected chi connectivity index (χ2v) is 7.16. The Kier molecular flexibility index (Phi) is 7.71. The number of guanidine groups is 1. The van der Waals surface area contributed by atoms with E-state index in [4.69, 9.17) is 9.73 Å². The first kappa shape index (κ1) is 19.9. The lowest BCUT2D eigenvalue weighted by Gasteiger charge is -2.37. The van der Waals surface area contributed by atoms with Crippen molar-refractivity contribution in [2.24, 2.45) is 4.99 Å². The van der Waals surface area contributed by atoms with E-state index in [2.05, 4.69) is 44.1 Å². The van der Waals surface area contributed by atoms with Crippen LogP contribution in [0.2, 0.25) is 0 Å². The number of hydrogen-bond acceptors (Lipinski definition) is 5. The molecule has 27 heavy (non-hydrogen) atoms. The van der Waals surface area contributed by atoms with E-state index in [-0.39, 0.29) is 0 Å². The van der Waals surface area contributed by atoms with Crippen LogP contribution in [-0.4, -0.2) is 92.9 Å². The van der Waals surface area contributed by atoms with Gasteiger partial charge in [-0.25, -0.2) is 4.98 Å². The van der Waals surface area contributed by atoms with Crippen LogP contribution in [-0.2, 0) is 4.74 Å². The average Bonchev–Trinajstić information content (AvgIpc) is 3.56. The van der Waals surface area contributed by atoms with Crippen molar-refractivity contribution >= 4 is 11.8 Å². The molecule has 7 nitrogen and oxygen atoms in total. The fourth-order valence-electron chi connectivity index (χ4n) is 3.52. The van der Waals surface area contributed by atoms with E-state index < -0.39 is 0 Å². The highest BCUT2D eigenvalue weighted by atomic mass is 16.5. The molecule has 1 aromatic rings. The van der Waals surface area contributed by atoms with Gasteiger partial charge in [-0.05, 0) is 31.9 Å². The predicted octanol–water partition coefficient (Wildman–Crippen LogP) is 1.28. The standard InChI is InChI=1S/C20H34N6O/c1-3-21-20(23-10-11-24(16-17-27-2)18-7-8-18)26-14-12-25(13-15-26)19-6-4-5-9-22-19/h4-6,9,18H,3,7-8,10-17H2,1-2H3,(H,21,23). The number of aliphatic imine (C=N–C) groups is 1. The summed E-state index contributed by atoms with van der Waals surface area (Å²) >= 11 is 0. The van der Waals surface area contributed by atoms with Gasteiger partial charge in [0.25, 0.3) is 0 Å². The van der Waals surface area contributed by atoms with Gasteiger partial charge in [-0.2, -0.15) is 0 Å². The summed E-state index contributed by atoms with van der Waals surface area (Å²) in [4.78, 5) is 16.6. The van der Waals surface area contributed by atoms with E-state index in [1.54, 1.807) is 7.11 Å². The van der Waals surface area contributed by atoms with Crippen LogP contribution in [0.4, 0.5) is 5.82 Å². The summed E-state index contributed by atoms with van der Waals surface area (Å²) in [6.07, 6.45) is 4.51. The van der Waals surface area contributed by atoms with Crippen LogP contribution in [0.15, 0.2) is 29.4 Å². The van der Waals surface area contributed by atoms with Crippen molar-refractivity contribution in [3.05, 3.63) is 24.4 Å². The van der Waals surface area contributed by atoms with E-state index in [0.29, 0.717) is 0 Å². The van der Waals surface area contributed by atoms with Crippen molar-refractivity contribution in [3.8, 4) is 0 Å². The van der Waals surface area contributed by atoms with Gasteiger partial charge in [0, 0.05) is 65.2 Å². The molecule has 0 aromatic carbocycles. The van der Waals surface area contributed by atoms with Crippen molar-refractivity contribution in [1.29, 1.82) is 0 Å². The molecular formula is C20H34N6O. The number of nitrogens with one attached hydrogen (secondary N) is 1. The number of rotatable bonds is 9. The lowest BCUT2D eigenvalue weighted by atomic mass is 10.3. The Labute approximate surface area is 163 Å². The summed E-state index contributed by atoms with van der Waals surface area (Å²) in [5.41, 5.74) is 0. The molecule has 0 amide bonds. The highest BCUT2D eigenvalue weighted by Crippen LogP contribution is 2.26. The van der Waals surface area contributed by atoms with E-state index in [1.807, 2.05) is 12.3 Å². The van der Waals surface area contributed by atoms with Gasteiger partial charge in [-0.3, -0.25) is 9.89 Å². The summed E-state index contributed by atoms with van der Waals surface area (Å²) in [6.45, 7) is 10.6. The molecule has 1 aliphatic heterocycles. The minimum absolute atomic E-state index is 0.750. The molecule has 7 heteroatoms. The zero-order valence-electron chi connectivity index (χ0n) is 16.8. The largest absolute Gasteiger partial charge is 0.383 e. The molecule has 0 unspecified atom stereocenters. The Bertz CT molecular complexity index is 569. The molecule has 2 fully saturated rings. The van der Waals surface area contributed by atoms with Crippen LogP contribution >= 0.6 is 0 Å². The smallest absolute Gasteiger partial charge is 0.194 e. The molecule has 0 bridgehead atoms. The van der Waals surface area contributed by atoms with E-state index in [1.165, 1.54) is 12.8 Å². The first-order chi connectivity index (χ1) is 13.3. The van der Waals surface area contributed by atoms with Crippen LogP contribution in [0, 0.1) is 0 Å². The first-order valence-electron chi connectivity index (χ1n) is 10.2. The molecule has 1 aliphatic carbocycles. The lowest BCUT2D eigenvalue weighted by Crippen LogP contribution is -2.53. The Balaban J connectivity index is 1.50. The van der Waals surface area contributed by atoms with Crippen molar-refractivity contribution in [3.63, 3.8) is 0 Å². The molecule has 2 aliphatic rings. The Morgan fingerprint density at radius 3 is 2.70 bits per heavy atom. The molecular weight excluding hydrogens is 340 g/mol. The number of hydrogen-bond donors (Lipinski definition) is 1. The lowest BCUT2D eigenvalue weighted by molar-refractivity contribution is 0.145. The maximum atomic E-state index is 5.25. The Hall–Kier alpha value is -1.86. The van der Waals surface area contributed by atoms with Gasteiger partial charge >= 0.3 is 0 Å². The molecule has 1 N–H and O–H groups in total. The van der Waals surface area contributed by atoms with Gasteiger partial charge in [0.05, 0.1) is 13.2 Å². The molecule has 150 valence electrons. The third-order valence-electron chi connectivity index (χ3n) is 5.18. The molecule has 1 saturated heterocycles. The van der Waals surface area contributed by atoms with Gasteiger partial charge in [0.1, 0.15) is 5.82 Å². The molecule has 1 saturated carbocycles. The Morgan fingerprint density at radius 2 is 2.07 bits per heavy atom.